The Labute approximate surface area is 466 Å². The largest absolute Gasteiger partial charge is 0.462 e. The molecule has 0 aliphatic carbocycles. The average molecular weight is 1050 g/mol. The Morgan fingerprint density at radius 1 is 0.280 bits per heavy atom. The molecular weight excluding hydrogens is 925 g/mol. The number of ether oxygens (including phenoxy) is 3. The van der Waals surface area contributed by atoms with Crippen LogP contribution in [0.3, 0.4) is 0 Å². The molecule has 0 N–H and O–H groups in total. The Hall–Kier alpha value is -2.89. The van der Waals surface area contributed by atoms with Crippen LogP contribution >= 0.6 is 0 Å². The fourth-order valence-electron chi connectivity index (χ4n) is 9.62. The molecule has 0 bridgehead atoms. The first kappa shape index (κ1) is 72.1. The number of allylic oxidation sites excluding steroid dienone is 10. The second-order valence-electron chi connectivity index (χ2n) is 22.0. The van der Waals surface area contributed by atoms with Crippen LogP contribution in [0, 0.1) is 0 Å². The van der Waals surface area contributed by atoms with E-state index in [9.17, 15) is 14.4 Å². The van der Waals surface area contributed by atoms with Crippen LogP contribution in [-0.4, -0.2) is 37.2 Å². The van der Waals surface area contributed by atoms with Crippen molar-refractivity contribution < 1.29 is 28.6 Å². The molecule has 0 fully saturated rings. The first-order chi connectivity index (χ1) is 37.0. The maximum atomic E-state index is 12.8. The van der Waals surface area contributed by atoms with Crippen LogP contribution in [-0.2, 0) is 28.6 Å². The summed E-state index contributed by atoms with van der Waals surface area (Å²) < 4.78 is 16.8. The number of carbonyl (C=O) groups excluding carboxylic acids is 3. The SMILES string of the molecule is CC/C=C\C/C=C\C/C=C\C/C=C\CCCCC(=O)OC(COC(=O)CCCCCCC/C=C\CCC)COC(=O)CCCCCCCCCCCCCCCCCCCCCCCCCCCCCCCCCC. The Morgan fingerprint density at radius 2 is 0.547 bits per heavy atom. The molecule has 1 atom stereocenters. The van der Waals surface area contributed by atoms with E-state index in [1.165, 1.54) is 199 Å². The molecule has 75 heavy (non-hydrogen) atoms. The third-order valence-corrected chi connectivity index (χ3v) is 14.5. The van der Waals surface area contributed by atoms with Crippen LogP contribution in [0.2, 0.25) is 0 Å². The zero-order valence-corrected chi connectivity index (χ0v) is 50.1. The van der Waals surface area contributed by atoms with Gasteiger partial charge in [-0.15, -0.1) is 0 Å². The van der Waals surface area contributed by atoms with Crippen molar-refractivity contribution >= 4 is 17.9 Å². The molecular formula is C69H124O6. The molecule has 0 spiro atoms. The smallest absolute Gasteiger partial charge is 0.306 e. The van der Waals surface area contributed by atoms with Crippen molar-refractivity contribution in [2.24, 2.45) is 0 Å². The van der Waals surface area contributed by atoms with Crippen LogP contribution in [0.1, 0.15) is 342 Å². The van der Waals surface area contributed by atoms with E-state index >= 15 is 0 Å². The Balaban J connectivity index is 4.07. The highest BCUT2D eigenvalue weighted by atomic mass is 16.6. The third-order valence-electron chi connectivity index (χ3n) is 14.5. The van der Waals surface area contributed by atoms with E-state index in [1.807, 2.05) is 0 Å². The van der Waals surface area contributed by atoms with Crippen molar-refractivity contribution in [1.82, 2.24) is 0 Å². The number of rotatable bonds is 60. The molecule has 0 saturated carbocycles. The molecule has 0 aliphatic rings. The van der Waals surface area contributed by atoms with Crippen LogP contribution in [0.15, 0.2) is 60.8 Å². The van der Waals surface area contributed by atoms with Gasteiger partial charge >= 0.3 is 17.9 Å². The van der Waals surface area contributed by atoms with E-state index in [2.05, 4.69) is 81.5 Å². The van der Waals surface area contributed by atoms with Gasteiger partial charge in [-0.25, -0.2) is 0 Å². The van der Waals surface area contributed by atoms with Gasteiger partial charge in [-0.2, -0.15) is 0 Å². The minimum atomic E-state index is -0.797. The van der Waals surface area contributed by atoms with Crippen molar-refractivity contribution in [3.05, 3.63) is 60.8 Å². The number of carbonyl (C=O) groups is 3. The first-order valence-electron chi connectivity index (χ1n) is 32.8. The maximum absolute atomic E-state index is 12.8. The Bertz CT molecular complexity index is 1340. The highest BCUT2D eigenvalue weighted by Gasteiger charge is 2.19. The van der Waals surface area contributed by atoms with E-state index in [0.717, 1.165) is 96.3 Å². The predicted molar refractivity (Wildman–Crippen MR) is 325 cm³/mol. The molecule has 0 radical (unpaired) electrons. The van der Waals surface area contributed by atoms with E-state index in [1.54, 1.807) is 0 Å². The number of hydrogen-bond acceptors (Lipinski definition) is 6. The fraction of sp³-hybridized carbons (Fsp3) is 0.812. The number of hydrogen-bond donors (Lipinski definition) is 0. The lowest BCUT2D eigenvalue weighted by Crippen LogP contribution is -2.30. The van der Waals surface area contributed by atoms with Crippen molar-refractivity contribution in [3.8, 4) is 0 Å². The molecule has 6 nitrogen and oxygen atoms in total. The summed E-state index contributed by atoms with van der Waals surface area (Å²) in [5, 5.41) is 0. The number of esters is 3. The molecule has 0 rings (SSSR count). The molecule has 0 aromatic rings. The zero-order chi connectivity index (χ0) is 54.3. The summed E-state index contributed by atoms with van der Waals surface area (Å²) in [6, 6.07) is 0. The van der Waals surface area contributed by atoms with Crippen molar-refractivity contribution in [3.63, 3.8) is 0 Å². The maximum Gasteiger partial charge on any atom is 0.306 e. The van der Waals surface area contributed by atoms with Crippen LogP contribution in [0.5, 0.6) is 0 Å². The van der Waals surface area contributed by atoms with Gasteiger partial charge in [0.05, 0.1) is 0 Å². The molecule has 6 heteroatoms. The second kappa shape index (κ2) is 63.6. The summed E-state index contributed by atoms with van der Waals surface area (Å²) in [5.41, 5.74) is 0. The topological polar surface area (TPSA) is 78.9 Å². The van der Waals surface area contributed by atoms with E-state index < -0.39 is 6.10 Å². The molecule has 0 saturated heterocycles. The zero-order valence-electron chi connectivity index (χ0n) is 50.1. The summed E-state index contributed by atoms with van der Waals surface area (Å²) in [7, 11) is 0. The highest BCUT2D eigenvalue weighted by Crippen LogP contribution is 2.18. The standard InChI is InChI=1S/C69H124O6/c1-4-7-10-13-16-19-22-24-26-27-28-29-30-31-32-33-34-35-36-37-38-39-40-41-42-44-45-47-50-53-56-59-62-68(71)74-65-66(64-73-67(70)61-58-55-52-49-21-18-15-12-9-6-3)75-69(72)63-60-57-54-51-48-46-43-25-23-20-17-14-11-8-5-2/h8,11-12,15,17,20,25,43,48,51,66H,4-7,9-10,13-14,16,18-19,21-24,26-42,44-47,49-50,52-65H2,1-3H3/b11-8-,15-12-,20-17-,43-25-,51-48-. The van der Waals surface area contributed by atoms with E-state index in [0.29, 0.717) is 19.3 Å². The van der Waals surface area contributed by atoms with Gasteiger partial charge in [-0.05, 0) is 77.0 Å². The summed E-state index contributed by atoms with van der Waals surface area (Å²) in [4.78, 5) is 38.1. The number of unbranched alkanes of at least 4 members (excludes halogenated alkanes) is 39. The van der Waals surface area contributed by atoms with Gasteiger partial charge in [0.25, 0.3) is 0 Å². The van der Waals surface area contributed by atoms with Gasteiger partial charge in [-0.1, -0.05) is 306 Å². The Kier molecular flexibility index (Phi) is 61.2. The van der Waals surface area contributed by atoms with Gasteiger partial charge < -0.3 is 14.2 Å². The molecule has 0 aromatic carbocycles. The van der Waals surface area contributed by atoms with Crippen molar-refractivity contribution in [2.45, 2.75) is 348 Å². The summed E-state index contributed by atoms with van der Waals surface area (Å²) in [6.45, 7) is 6.46. The molecule has 1 unspecified atom stereocenters. The molecule has 0 amide bonds. The third kappa shape index (κ3) is 61.8. The van der Waals surface area contributed by atoms with Gasteiger partial charge in [0.15, 0.2) is 6.10 Å². The molecule has 0 aromatic heterocycles. The molecule has 0 aliphatic heterocycles. The summed E-state index contributed by atoms with van der Waals surface area (Å²) >= 11 is 0. The summed E-state index contributed by atoms with van der Waals surface area (Å²) in [5.74, 6) is -0.931. The van der Waals surface area contributed by atoms with Gasteiger partial charge in [0, 0.05) is 19.3 Å². The van der Waals surface area contributed by atoms with E-state index in [-0.39, 0.29) is 37.5 Å². The highest BCUT2D eigenvalue weighted by molar-refractivity contribution is 5.71. The minimum Gasteiger partial charge on any atom is -0.462 e. The lowest BCUT2D eigenvalue weighted by molar-refractivity contribution is -0.167. The van der Waals surface area contributed by atoms with Gasteiger partial charge in [0.1, 0.15) is 13.2 Å². The first-order valence-corrected chi connectivity index (χ1v) is 32.8. The Morgan fingerprint density at radius 3 is 0.907 bits per heavy atom. The fourth-order valence-corrected chi connectivity index (χ4v) is 9.62. The summed E-state index contributed by atoms with van der Waals surface area (Å²) in [6.07, 6.45) is 81.4. The van der Waals surface area contributed by atoms with Gasteiger partial charge in [-0.3, -0.25) is 14.4 Å². The van der Waals surface area contributed by atoms with Crippen LogP contribution in [0.25, 0.3) is 0 Å². The quantitative estimate of drug-likeness (QED) is 0.0261. The molecule has 436 valence electrons. The lowest BCUT2D eigenvalue weighted by Gasteiger charge is -2.18. The normalized spacial score (nSPS) is 12.4. The van der Waals surface area contributed by atoms with Crippen molar-refractivity contribution in [2.75, 3.05) is 13.2 Å². The monoisotopic (exact) mass is 1050 g/mol. The van der Waals surface area contributed by atoms with E-state index in [4.69, 9.17) is 14.2 Å². The second-order valence-corrected chi connectivity index (χ2v) is 22.0. The van der Waals surface area contributed by atoms with Crippen LogP contribution in [0.4, 0.5) is 0 Å². The van der Waals surface area contributed by atoms with Crippen molar-refractivity contribution in [1.29, 1.82) is 0 Å². The predicted octanol–water partition coefficient (Wildman–Crippen LogP) is 22.3. The molecule has 0 heterocycles. The minimum absolute atomic E-state index is 0.0911. The lowest BCUT2D eigenvalue weighted by atomic mass is 10.0. The van der Waals surface area contributed by atoms with Gasteiger partial charge in [0.2, 0.25) is 0 Å². The van der Waals surface area contributed by atoms with Crippen LogP contribution < -0.4 is 0 Å². The average Bonchev–Trinajstić information content (AvgIpc) is 3.41.